The number of sulfonamides is 1. The lowest BCUT2D eigenvalue weighted by Crippen LogP contribution is -2.37. The zero-order chi connectivity index (χ0) is 19.2. The number of carboxylic acid groups (broad SMARTS) is 1. The van der Waals surface area contributed by atoms with Gasteiger partial charge in [0.2, 0.25) is 5.91 Å². The molecular formula is C16H18N2O6S2. The van der Waals surface area contributed by atoms with E-state index < -0.39 is 22.6 Å². The molecule has 2 N–H and O–H groups in total. The summed E-state index contributed by atoms with van der Waals surface area (Å²) in [5.41, 5.74) is 0.796. The first-order valence-corrected chi connectivity index (χ1v) is 9.85. The van der Waals surface area contributed by atoms with Gasteiger partial charge in [0.1, 0.15) is 9.96 Å². The number of hydrogen-bond acceptors (Lipinski definition) is 6. The average Bonchev–Trinajstić information content (AvgIpc) is 3.14. The molecule has 8 nitrogen and oxygen atoms in total. The van der Waals surface area contributed by atoms with Crippen LogP contribution in [0.25, 0.3) is 0 Å². The first-order chi connectivity index (χ1) is 12.3. The quantitative estimate of drug-likeness (QED) is 0.655. The highest BCUT2D eigenvalue weighted by Gasteiger charge is 2.18. The zero-order valence-electron chi connectivity index (χ0n) is 13.9. The number of likely N-dealkylation sites (N-methyl/N-ethyl adjacent to an activating group) is 1. The van der Waals surface area contributed by atoms with Gasteiger partial charge in [0, 0.05) is 13.6 Å². The fourth-order valence-electron chi connectivity index (χ4n) is 1.98. The molecule has 0 bridgehead atoms. The fourth-order valence-corrected chi connectivity index (χ4v) is 3.99. The number of rotatable bonds is 9. The lowest BCUT2D eigenvalue weighted by Gasteiger charge is -2.17. The van der Waals surface area contributed by atoms with E-state index in [1.807, 2.05) is 0 Å². The number of carboxylic acids is 1. The van der Waals surface area contributed by atoms with Crippen LogP contribution in [-0.4, -0.2) is 50.5 Å². The fraction of sp³-hybridized carbons (Fsp3) is 0.250. The maximum atomic E-state index is 12.1. The Balaban J connectivity index is 1.86. The Hall–Kier alpha value is -2.43. The summed E-state index contributed by atoms with van der Waals surface area (Å²) in [6, 6.07) is 9.71. The third-order valence-corrected chi connectivity index (χ3v) is 6.10. The van der Waals surface area contributed by atoms with Crippen LogP contribution in [0.3, 0.4) is 0 Å². The minimum Gasteiger partial charge on any atom is -0.482 e. The highest BCUT2D eigenvalue weighted by Crippen LogP contribution is 2.15. The lowest BCUT2D eigenvalue weighted by atomic mass is 10.2. The van der Waals surface area contributed by atoms with Crippen LogP contribution in [0.2, 0.25) is 0 Å². The van der Waals surface area contributed by atoms with E-state index in [2.05, 4.69) is 4.72 Å². The predicted octanol–water partition coefficient (Wildman–Crippen LogP) is 1.15. The monoisotopic (exact) mass is 398 g/mol. The summed E-state index contributed by atoms with van der Waals surface area (Å²) in [6.45, 7) is -0.489. The zero-order valence-corrected chi connectivity index (χ0v) is 15.5. The van der Waals surface area contributed by atoms with E-state index in [4.69, 9.17) is 9.84 Å². The number of carbonyl (C=O) groups excluding carboxylic acids is 1. The average molecular weight is 398 g/mol. The Kier molecular flexibility index (Phi) is 6.72. The Morgan fingerprint density at radius 3 is 2.50 bits per heavy atom. The summed E-state index contributed by atoms with van der Waals surface area (Å²) in [5.74, 6) is -1.03. The van der Waals surface area contributed by atoms with Crippen LogP contribution in [0.1, 0.15) is 5.56 Å². The van der Waals surface area contributed by atoms with E-state index in [1.165, 1.54) is 11.0 Å². The van der Waals surface area contributed by atoms with Gasteiger partial charge in [-0.3, -0.25) is 4.79 Å². The van der Waals surface area contributed by atoms with Crippen molar-refractivity contribution in [2.75, 3.05) is 20.2 Å². The van der Waals surface area contributed by atoms with E-state index >= 15 is 0 Å². The maximum absolute atomic E-state index is 12.1. The predicted molar refractivity (Wildman–Crippen MR) is 95.6 cm³/mol. The number of aliphatic carboxylic acids is 1. The second-order valence-electron chi connectivity index (χ2n) is 5.33. The van der Waals surface area contributed by atoms with Gasteiger partial charge in [0.25, 0.3) is 10.0 Å². The van der Waals surface area contributed by atoms with Crippen LogP contribution in [0.15, 0.2) is 46.0 Å². The minimum absolute atomic E-state index is 0.157. The van der Waals surface area contributed by atoms with Crippen LogP contribution >= 0.6 is 11.3 Å². The van der Waals surface area contributed by atoms with Gasteiger partial charge >= 0.3 is 5.97 Å². The van der Waals surface area contributed by atoms with E-state index in [9.17, 15) is 18.0 Å². The molecule has 140 valence electrons. The van der Waals surface area contributed by atoms with Crippen molar-refractivity contribution in [2.45, 2.75) is 10.8 Å². The third kappa shape index (κ3) is 5.83. The summed E-state index contributed by atoms with van der Waals surface area (Å²) in [6.07, 6.45) is 0. The molecule has 0 spiro atoms. The van der Waals surface area contributed by atoms with Crippen molar-refractivity contribution in [1.82, 2.24) is 9.62 Å². The molecule has 0 saturated heterocycles. The van der Waals surface area contributed by atoms with Gasteiger partial charge in [0.05, 0.1) is 6.54 Å². The van der Waals surface area contributed by atoms with Crippen molar-refractivity contribution < 1.29 is 27.9 Å². The molecule has 1 aromatic carbocycles. The number of amides is 1. The molecule has 0 fully saturated rings. The van der Waals surface area contributed by atoms with Crippen molar-refractivity contribution in [3.05, 3.63) is 47.3 Å². The third-order valence-electron chi connectivity index (χ3n) is 3.30. The molecule has 0 unspecified atom stereocenters. The van der Waals surface area contributed by atoms with Gasteiger partial charge in [-0.05, 0) is 29.1 Å². The summed E-state index contributed by atoms with van der Waals surface area (Å²) >= 11 is 1.08. The largest absolute Gasteiger partial charge is 0.482 e. The Labute approximate surface area is 155 Å². The van der Waals surface area contributed by atoms with E-state index in [0.717, 1.165) is 16.9 Å². The number of thiophene rings is 1. The molecule has 0 atom stereocenters. The molecule has 0 radical (unpaired) electrons. The smallest absolute Gasteiger partial charge is 0.341 e. The molecule has 0 saturated carbocycles. The molecule has 26 heavy (non-hydrogen) atoms. The van der Waals surface area contributed by atoms with Crippen LogP contribution in [0.5, 0.6) is 5.75 Å². The standard InChI is InChI=1S/C16H18N2O6S2/c1-18(10-12-4-6-13(7-5-12)24-11-15(20)21)14(19)9-17-26(22,23)16-3-2-8-25-16/h2-8,17H,9-11H2,1H3,(H,20,21). The molecule has 0 aliphatic carbocycles. The topological polar surface area (TPSA) is 113 Å². The van der Waals surface area contributed by atoms with Crippen molar-refractivity contribution >= 4 is 33.2 Å². The summed E-state index contributed by atoms with van der Waals surface area (Å²) in [4.78, 5) is 24.0. The van der Waals surface area contributed by atoms with Crippen molar-refractivity contribution in [3.63, 3.8) is 0 Å². The Bertz CT molecular complexity index is 847. The normalized spacial score (nSPS) is 11.1. The first-order valence-electron chi connectivity index (χ1n) is 7.48. The van der Waals surface area contributed by atoms with Crippen LogP contribution in [0, 0.1) is 0 Å². The van der Waals surface area contributed by atoms with Crippen molar-refractivity contribution in [1.29, 1.82) is 0 Å². The van der Waals surface area contributed by atoms with Crippen LogP contribution < -0.4 is 9.46 Å². The van der Waals surface area contributed by atoms with E-state index in [-0.39, 0.29) is 23.2 Å². The molecular weight excluding hydrogens is 380 g/mol. The van der Waals surface area contributed by atoms with Gasteiger partial charge in [-0.2, -0.15) is 0 Å². The maximum Gasteiger partial charge on any atom is 0.341 e. The second kappa shape index (κ2) is 8.79. The van der Waals surface area contributed by atoms with E-state index in [1.54, 1.807) is 42.8 Å². The Morgan fingerprint density at radius 2 is 1.92 bits per heavy atom. The highest BCUT2D eigenvalue weighted by molar-refractivity contribution is 7.91. The first kappa shape index (κ1) is 19.9. The molecule has 0 aliphatic rings. The molecule has 2 rings (SSSR count). The summed E-state index contributed by atoms with van der Waals surface area (Å²) in [5, 5.41) is 10.2. The van der Waals surface area contributed by atoms with Gasteiger partial charge in [0.15, 0.2) is 6.61 Å². The van der Waals surface area contributed by atoms with Gasteiger partial charge in [-0.25, -0.2) is 17.9 Å². The number of carbonyl (C=O) groups is 2. The van der Waals surface area contributed by atoms with Crippen molar-refractivity contribution in [2.24, 2.45) is 0 Å². The van der Waals surface area contributed by atoms with Gasteiger partial charge < -0.3 is 14.7 Å². The van der Waals surface area contributed by atoms with Gasteiger partial charge in [-0.1, -0.05) is 18.2 Å². The minimum atomic E-state index is -3.68. The van der Waals surface area contributed by atoms with Crippen LogP contribution in [-0.2, 0) is 26.2 Å². The summed E-state index contributed by atoms with van der Waals surface area (Å²) < 4.78 is 31.5. The molecule has 1 heterocycles. The second-order valence-corrected chi connectivity index (χ2v) is 8.27. The number of benzene rings is 1. The van der Waals surface area contributed by atoms with Crippen LogP contribution in [0.4, 0.5) is 0 Å². The molecule has 2 aromatic rings. The number of nitrogens with zero attached hydrogens (tertiary/aromatic N) is 1. The highest BCUT2D eigenvalue weighted by atomic mass is 32.2. The number of hydrogen-bond donors (Lipinski definition) is 2. The number of ether oxygens (including phenoxy) is 1. The van der Waals surface area contributed by atoms with Gasteiger partial charge in [-0.15, -0.1) is 11.3 Å². The lowest BCUT2D eigenvalue weighted by molar-refractivity contribution is -0.139. The number of nitrogens with one attached hydrogen (secondary N) is 1. The Morgan fingerprint density at radius 1 is 1.23 bits per heavy atom. The molecule has 1 amide bonds. The molecule has 10 heteroatoms. The van der Waals surface area contributed by atoms with E-state index in [0.29, 0.717) is 5.75 Å². The molecule has 0 aliphatic heterocycles. The SMILES string of the molecule is CN(Cc1ccc(OCC(=O)O)cc1)C(=O)CNS(=O)(=O)c1cccs1. The van der Waals surface area contributed by atoms with Crippen molar-refractivity contribution in [3.8, 4) is 5.75 Å². The summed E-state index contributed by atoms with van der Waals surface area (Å²) in [7, 11) is -2.11. The molecule has 1 aromatic heterocycles.